The van der Waals surface area contributed by atoms with Gasteiger partial charge in [-0.25, -0.2) is 9.97 Å². The minimum Gasteiger partial charge on any atom is -0.302 e. The summed E-state index contributed by atoms with van der Waals surface area (Å²) in [6.45, 7) is 10.1. The van der Waals surface area contributed by atoms with Crippen molar-refractivity contribution in [2.24, 2.45) is 5.41 Å². The maximum Gasteiger partial charge on any atom is 0.160 e. The number of hydrogen-bond donors (Lipinski definition) is 0. The minimum absolute atomic E-state index is 0.262. The van der Waals surface area contributed by atoms with Gasteiger partial charge in [0.15, 0.2) is 5.82 Å². The number of nitrogens with zero attached hydrogens (tertiary/aromatic N) is 5. The Balaban J connectivity index is 1.76. The first-order chi connectivity index (χ1) is 14.9. The standard InChI is InChI=1S/C26H29N5/c1-26(2,3)18-31-12-6-10-22(17-31)24-23(20-8-4-7-19(13-20)14-27)16-29-25(30-24)21-9-5-11-28-15-21/h4-5,7-9,11,13,15-16,22H,6,10,12,17-18H2,1-3H3. The Bertz CT molecular complexity index is 1080. The molecule has 1 aliphatic rings. The monoisotopic (exact) mass is 411 g/mol. The number of rotatable bonds is 4. The van der Waals surface area contributed by atoms with Crippen molar-refractivity contribution in [2.45, 2.75) is 39.5 Å². The highest BCUT2D eigenvalue weighted by atomic mass is 15.1. The lowest BCUT2D eigenvalue weighted by Crippen LogP contribution is -2.40. The Morgan fingerprint density at radius 3 is 2.71 bits per heavy atom. The highest BCUT2D eigenvalue weighted by molar-refractivity contribution is 5.69. The van der Waals surface area contributed by atoms with Gasteiger partial charge in [0.05, 0.1) is 17.3 Å². The van der Waals surface area contributed by atoms with Crippen LogP contribution in [0.1, 0.15) is 50.8 Å². The van der Waals surface area contributed by atoms with Gasteiger partial charge in [0, 0.05) is 48.7 Å². The number of benzene rings is 1. The van der Waals surface area contributed by atoms with E-state index in [1.54, 1.807) is 6.20 Å². The first-order valence-electron chi connectivity index (χ1n) is 10.9. The predicted molar refractivity (Wildman–Crippen MR) is 123 cm³/mol. The summed E-state index contributed by atoms with van der Waals surface area (Å²) in [5.74, 6) is 1.03. The molecule has 31 heavy (non-hydrogen) atoms. The van der Waals surface area contributed by atoms with Crippen LogP contribution in [-0.4, -0.2) is 39.5 Å². The molecule has 3 heterocycles. The topological polar surface area (TPSA) is 65.7 Å². The molecule has 4 rings (SSSR count). The molecular formula is C26H29N5. The summed E-state index contributed by atoms with van der Waals surface area (Å²) in [5, 5.41) is 9.37. The fraction of sp³-hybridized carbons (Fsp3) is 0.385. The highest BCUT2D eigenvalue weighted by Crippen LogP contribution is 2.35. The van der Waals surface area contributed by atoms with Crippen LogP contribution in [0.4, 0.5) is 0 Å². The Morgan fingerprint density at radius 1 is 1.13 bits per heavy atom. The Morgan fingerprint density at radius 2 is 1.97 bits per heavy atom. The zero-order valence-corrected chi connectivity index (χ0v) is 18.5. The van der Waals surface area contributed by atoms with Crippen LogP contribution in [0.15, 0.2) is 55.0 Å². The van der Waals surface area contributed by atoms with Crippen molar-refractivity contribution >= 4 is 0 Å². The van der Waals surface area contributed by atoms with Gasteiger partial charge >= 0.3 is 0 Å². The lowest BCUT2D eigenvalue weighted by Gasteiger charge is -2.37. The molecule has 158 valence electrons. The van der Waals surface area contributed by atoms with Crippen LogP contribution < -0.4 is 0 Å². The van der Waals surface area contributed by atoms with Crippen molar-refractivity contribution in [3.8, 4) is 28.6 Å². The molecule has 0 radical (unpaired) electrons. The maximum absolute atomic E-state index is 9.37. The van der Waals surface area contributed by atoms with E-state index < -0.39 is 0 Å². The zero-order valence-electron chi connectivity index (χ0n) is 18.5. The molecule has 1 unspecified atom stereocenters. The van der Waals surface area contributed by atoms with E-state index in [2.05, 4.69) is 41.7 Å². The van der Waals surface area contributed by atoms with Gasteiger partial charge in [-0.05, 0) is 54.6 Å². The van der Waals surface area contributed by atoms with Crippen molar-refractivity contribution in [1.29, 1.82) is 5.26 Å². The highest BCUT2D eigenvalue weighted by Gasteiger charge is 2.28. The van der Waals surface area contributed by atoms with E-state index in [0.717, 1.165) is 54.9 Å². The van der Waals surface area contributed by atoms with Crippen LogP contribution in [0.3, 0.4) is 0 Å². The SMILES string of the molecule is CC(C)(C)CN1CCCC(c2nc(-c3cccnc3)ncc2-c2cccc(C#N)c2)C1. The Labute approximate surface area is 184 Å². The number of hydrogen-bond acceptors (Lipinski definition) is 5. The molecular weight excluding hydrogens is 382 g/mol. The fourth-order valence-electron chi connectivity index (χ4n) is 4.41. The van der Waals surface area contributed by atoms with Crippen molar-refractivity contribution in [3.05, 3.63) is 66.2 Å². The van der Waals surface area contributed by atoms with Crippen LogP contribution >= 0.6 is 0 Å². The van der Waals surface area contributed by atoms with Crippen LogP contribution in [0, 0.1) is 16.7 Å². The number of likely N-dealkylation sites (tertiary alicyclic amines) is 1. The van der Waals surface area contributed by atoms with Crippen LogP contribution in [0.25, 0.3) is 22.5 Å². The van der Waals surface area contributed by atoms with Gasteiger partial charge in [0.1, 0.15) is 0 Å². The predicted octanol–water partition coefficient (Wildman–Crippen LogP) is 5.30. The normalized spacial score (nSPS) is 17.3. The number of aromatic nitrogens is 3. The van der Waals surface area contributed by atoms with Gasteiger partial charge in [0.2, 0.25) is 0 Å². The molecule has 0 amide bonds. The maximum atomic E-state index is 9.37. The summed E-state index contributed by atoms with van der Waals surface area (Å²) >= 11 is 0. The molecule has 1 saturated heterocycles. The van der Waals surface area contributed by atoms with E-state index in [1.165, 1.54) is 0 Å². The lowest BCUT2D eigenvalue weighted by atomic mass is 9.87. The summed E-state index contributed by atoms with van der Waals surface area (Å²) in [6, 6.07) is 13.9. The van der Waals surface area contributed by atoms with Crippen molar-refractivity contribution in [3.63, 3.8) is 0 Å². The van der Waals surface area contributed by atoms with Gasteiger partial charge in [0.25, 0.3) is 0 Å². The van der Waals surface area contributed by atoms with Gasteiger partial charge in [-0.2, -0.15) is 5.26 Å². The average molecular weight is 412 g/mol. The van der Waals surface area contributed by atoms with Gasteiger partial charge < -0.3 is 4.90 Å². The molecule has 0 bridgehead atoms. The fourth-order valence-corrected chi connectivity index (χ4v) is 4.41. The number of pyridine rings is 1. The quantitative estimate of drug-likeness (QED) is 0.583. The zero-order chi connectivity index (χ0) is 21.8. The van der Waals surface area contributed by atoms with E-state index in [4.69, 9.17) is 4.98 Å². The van der Waals surface area contributed by atoms with Crippen LogP contribution in [-0.2, 0) is 0 Å². The molecule has 1 fully saturated rings. The third-order valence-electron chi connectivity index (χ3n) is 5.63. The number of piperidine rings is 1. The van der Waals surface area contributed by atoms with Crippen LogP contribution in [0.5, 0.6) is 0 Å². The molecule has 1 aromatic carbocycles. The van der Waals surface area contributed by atoms with Gasteiger partial charge in [-0.15, -0.1) is 0 Å². The lowest BCUT2D eigenvalue weighted by molar-refractivity contribution is 0.150. The summed E-state index contributed by atoms with van der Waals surface area (Å²) in [6.07, 6.45) is 7.75. The summed E-state index contributed by atoms with van der Waals surface area (Å²) in [5.41, 5.74) is 4.93. The number of nitriles is 1. The molecule has 0 aliphatic carbocycles. The van der Waals surface area contributed by atoms with E-state index in [1.807, 2.05) is 48.8 Å². The van der Waals surface area contributed by atoms with Crippen LogP contribution in [0.2, 0.25) is 0 Å². The van der Waals surface area contributed by atoms with Crippen molar-refractivity contribution < 1.29 is 0 Å². The second-order valence-electron chi connectivity index (χ2n) is 9.56. The summed E-state index contributed by atoms with van der Waals surface area (Å²) < 4.78 is 0. The molecule has 1 aliphatic heterocycles. The largest absolute Gasteiger partial charge is 0.302 e. The molecule has 0 N–H and O–H groups in total. The van der Waals surface area contributed by atoms with Crippen molar-refractivity contribution in [2.75, 3.05) is 19.6 Å². The third kappa shape index (κ3) is 5.15. The molecule has 1 atom stereocenters. The van der Waals surface area contributed by atoms with Crippen molar-refractivity contribution in [1.82, 2.24) is 19.9 Å². The molecule has 3 aromatic rings. The van der Waals surface area contributed by atoms with E-state index in [9.17, 15) is 5.26 Å². The average Bonchev–Trinajstić information content (AvgIpc) is 2.78. The Kier molecular flexibility index (Phi) is 6.11. The third-order valence-corrected chi connectivity index (χ3v) is 5.63. The molecule has 5 nitrogen and oxygen atoms in total. The summed E-state index contributed by atoms with van der Waals surface area (Å²) in [4.78, 5) is 16.5. The second-order valence-corrected chi connectivity index (χ2v) is 9.56. The van der Waals surface area contributed by atoms with E-state index in [0.29, 0.717) is 17.3 Å². The molecule has 0 spiro atoms. The van der Waals surface area contributed by atoms with Gasteiger partial charge in [-0.1, -0.05) is 32.9 Å². The first-order valence-corrected chi connectivity index (χ1v) is 10.9. The second kappa shape index (κ2) is 8.95. The summed E-state index contributed by atoms with van der Waals surface area (Å²) in [7, 11) is 0. The molecule has 0 saturated carbocycles. The minimum atomic E-state index is 0.262. The van der Waals surface area contributed by atoms with Gasteiger partial charge in [-0.3, -0.25) is 4.98 Å². The Hall–Kier alpha value is -3.10. The molecule has 2 aromatic heterocycles. The van der Waals surface area contributed by atoms with E-state index >= 15 is 0 Å². The first kappa shape index (κ1) is 21.1. The van der Waals surface area contributed by atoms with E-state index in [-0.39, 0.29) is 5.41 Å². The smallest absolute Gasteiger partial charge is 0.160 e. The molecule has 5 heteroatoms.